The van der Waals surface area contributed by atoms with Crippen LogP contribution < -0.4 is 4.74 Å². The summed E-state index contributed by atoms with van der Waals surface area (Å²) in [6.45, 7) is 15.4. The molecule has 2 heteroatoms. The predicted octanol–water partition coefficient (Wildman–Crippen LogP) is 5.15. The predicted molar refractivity (Wildman–Crippen MR) is 104 cm³/mol. The number of hydrogen-bond donors (Lipinski definition) is 0. The van der Waals surface area contributed by atoms with Crippen LogP contribution in [-0.4, -0.2) is 25.1 Å². The van der Waals surface area contributed by atoms with Crippen molar-refractivity contribution in [1.82, 2.24) is 4.90 Å². The van der Waals surface area contributed by atoms with Gasteiger partial charge in [-0.25, -0.2) is 0 Å². The van der Waals surface area contributed by atoms with Crippen molar-refractivity contribution in [1.29, 1.82) is 0 Å². The third-order valence-corrected chi connectivity index (χ3v) is 3.14. The fraction of sp³-hybridized carbons (Fsp3) is 0.545. The molecule has 0 unspecified atom stereocenters. The van der Waals surface area contributed by atoms with Crippen LogP contribution in [0.1, 0.15) is 47.1 Å². The standard InChI is InChI=1S/C22H33NO/c1-21(2,3)15-11-8-12-16-23(7)17-19-13-9-10-14-20(19)24-18-22(4,5)6/h8-10,12-14H,16-18H2,1-7H3/b12-8+. The summed E-state index contributed by atoms with van der Waals surface area (Å²) < 4.78 is 6.02. The first-order valence-electron chi connectivity index (χ1n) is 8.64. The molecule has 2 nitrogen and oxygen atoms in total. The topological polar surface area (TPSA) is 12.5 Å². The summed E-state index contributed by atoms with van der Waals surface area (Å²) >= 11 is 0. The maximum atomic E-state index is 6.02. The molecular formula is C22H33NO. The normalized spacial score (nSPS) is 12.3. The summed E-state index contributed by atoms with van der Waals surface area (Å²) in [5, 5.41) is 0. The lowest BCUT2D eigenvalue weighted by Crippen LogP contribution is -2.20. The zero-order chi connectivity index (χ0) is 18.2. The van der Waals surface area contributed by atoms with Crippen LogP contribution in [-0.2, 0) is 6.54 Å². The van der Waals surface area contributed by atoms with Crippen LogP contribution in [0, 0.1) is 22.7 Å². The largest absolute Gasteiger partial charge is 0.493 e. The van der Waals surface area contributed by atoms with E-state index in [9.17, 15) is 0 Å². The summed E-state index contributed by atoms with van der Waals surface area (Å²) in [5.41, 5.74) is 1.44. The number of ether oxygens (including phenoxy) is 1. The van der Waals surface area contributed by atoms with Gasteiger partial charge in [-0.15, -0.1) is 0 Å². The minimum Gasteiger partial charge on any atom is -0.493 e. The van der Waals surface area contributed by atoms with Crippen molar-refractivity contribution in [2.75, 3.05) is 20.2 Å². The van der Waals surface area contributed by atoms with Gasteiger partial charge in [-0.3, -0.25) is 4.90 Å². The molecule has 0 aromatic heterocycles. The zero-order valence-electron chi connectivity index (χ0n) is 16.4. The fourth-order valence-corrected chi connectivity index (χ4v) is 1.97. The van der Waals surface area contributed by atoms with Crippen LogP contribution in [0.5, 0.6) is 5.75 Å². The Labute approximate surface area is 148 Å². The summed E-state index contributed by atoms with van der Waals surface area (Å²) in [6, 6.07) is 8.29. The molecule has 0 saturated heterocycles. The Balaban J connectivity index is 2.59. The highest BCUT2D eigenvalue weighted by Crippen LogP contribution is 2.22. The van der Waals surface area contributed by atoms with E-state index in [1.807, 2.05) is 12.1 Å². The van der Waals surface area contributed by atoms with Crippen molar-refractivity contribution in [2.24, 2.45) is 10.8 Å². The summed E-state index contributed by atoms with van der Waals surface area (Å²) in [6.07, 6.45) is 4.06. The van der Waals surface area contributed by atoms with Crippen LogP contribution in [0.3, 0.4) is 0 Å². The number of allylic oxidation sites excluding steroid dienone is 1. The second kappa shape index (κ2) is 8.94. The van der Waals surface area contributed by atoms with Gasteiger partial charge >= 0.3 is 0 Å². The average molecular weight is 328 g/mol. The molecule has 132 valence electrons. The molecule has 0 fully saturated rings. The van der Waals surface area contributed by atoms with Gasteiger partial charge in [0, 0.05) is 24.1 Å². The van der Waals surface area contributed by atoms with E-state index in [4.69, 9.17) is 4.74 Å². The van der Waals surface area contributed by atoms with Gasteiger partial charge in [0.15, 0.2) is 0 Å². The first-order valence-corrected chi connectivity index (χ1v) is 8.64. The molecule has 0 spiro atoms. The molecular weight excluding hydrogens is 294 g/mol. The Morgan fingerprint density at radius 1 is 1.08 bits per heavy atom. The second-order valence-corrected chi connectivity index (χ2v) is 8.58. The van der Waals surface area contributed by atoms with Gasteiger partial charge in [0.1, 0.15) is 5.75 Å². The summed E-state index contributed by atoms with van der Waals surface area (Å²) in [4.78, 5) is 2.26. The van der Waals surface area contributed by atoms with Gasteiger partial charge in [-0.2, -0.15) is 0 Å². The lowest BCUT2D eigenvalue weighted by molar-refractivity contribution is 0.194. The van der Waals surface area contributed by atoms with Gasteiger partial charge in [-0.05, 0) is 45.4 Å². The molecule has 0 aliphatic heterocycles. The number of hydrogen-bond acceptors (Lipinski definition) is 2. The fourth-order valence-electron chi connectivity index (χ4n) is 1.97. The summed E-state index contributed by atoms with van der Waals surface area (Å²) in [7, 11) is 2.11. The van der Waals surface area contributed by atoms with Crippen molar-refractivity contribution in [3.05, 3.63) is 42.0 Å². The number of likely N-dealkylation sites (N-methyl/N-ethyl adjacent to an activating group) is 1. The Morgan fingerprint density at radius 2 is 1.75 bits per heavy atom. The van der Waals surface area contributed by atoms with Crippen molar-refractivity contribution < 1.29 is 4.74 Å². The zero-order valence-corrected chi connectivity index (χ0v) is 16.4. The SMILES string of the molecule is CN(C/C=C/C#CC(C)(C)C)Cc1ccccc1OCC(C)(C)C. The van der Waals surface area contributed by atoms with E-state index < -0.39 is 0 Å². The van der Waals surface area contributed by atoms with Gasteiger partial charge < -0.3 is 4.74 Å². The quantitative estimate of drug-likeness (QED) is 0.670. The first-order chi connectivity index (χ1) is 11.1. The van der Waals surface area contributed by atoms with E-state index in [-0.39, 0.29) is 10.8 Å². The first kappa shape index (κ1) is 20.3. The third kappa shape index (κ3) is 9.43. The number of nitrogens with zero attached hydrogens (tertiary/aromatic N) is 1. The molecule has 0 atom stereocenters. The Hall–Kier alpha value is -1.72. The van der Waals surface area contributed by atoms with Crippen molar-refractivity contribution in [3.63, 3.8) is 0 Å². The molecule has 0 heterocycles. The van der Waals surface area contributed by atoms with Crippen molar-refractivity contribution >= 4 is 0 Å². The average Bonchev–Trinajstić information content (AvgIpc) is 2.44. The maximum Gasteiger partial charge on any atom is 0.123 e. The third-order valence-electron chi connectivity index (χ3n) is 3.14. The van der Waals surface area contributed by atoms with Gasteiger partial charge in [-0.1, -0.05) is 56.9 Å². The highest BCUT2D eigenvalue weighted by atomic mass is 16.5. The molecule has 0 N–H and O–H groups in total. The van der Waals surface area contributed by atoms with E-state index in [0.29, 0.717) is 0 Å². The number of para-hydroxylation sites is 1. The van der Waals surface area contributed by atoms with Crippen LogP contribution >= 0.6 is 0 Å². The van der Waals surface area contributed by atoms with Gasteiger partial charge in [0.25, 0.3) is 0 Å². The number of benzene rings is 1. The van der Waals surface area contributed by atoms with Crippen molar-refractivity contribution in [2.45, 2.75) is 48.1 Å². The van der Waals surface area contributed by atoms with Crippen LogP contribution in [0.15, 0.2) is 36.4 Å². The molecule has 1 aromatic rings. The van der Waals surface area contributed by atoms with E-state index in [0.717, 1.165) is 25.4 Å². The summed E-state index contributed by atoms with van der Waals surface area (Å²) in [5.74, 6) is 7.30. The molecule has 0 amide bonds. The molecule has 1 aromatic carbocycles. The molecule has 0 aliphatic rings. The van der Waals surface area contributed by atoms with Gasteiger partial charge in [0.05, 0.1) is 6.61 Å². The molecule has 0 bridgehead atoms. The highest BCUT2D eigenvalue weighted by molar-refractivity contribution is 5.33. The van der Waals surface area contributed by atoms with Crippen molar-refractivity contribution in [3.8, 4) is 17.6 Å². The molecule has 1 rings (SSSR count). The molecule has 0 radical (unpaired) electrons. The lowest BCUT2D eigenvalue weighted by atomic mass is 9.98. The minimum atomic E-state index is 0.0551. The van der Waals surface area contributed by atoms with E-state index in [1.165, 1.54) is 5.56 Å². The number of rotatable bonds is 6. The molecule has 0 aliphatic carbocycles. The smallest absolute Gasteiger partial charge is 0.123 e. The highest BCUT2D eigenvalue weighted by Gasteiger charge is 2.13. The van der Waals surface area contributed by atoms with Gasteiger partial charge in [0.2, 0.25) is 0 Å². The van der Waals surface area contributed by atoms with E-state index >= 15 is 0 Å². The Kier molecular flexibility index (Phi) is 7.58. The minimum absolute atomic E-state index is 0.0551. The van der Waals surface area contributed by atoms with E-state index in [2.05, 4.69) is 89.6 Å². The lowest BCUT2D eigenvalue weighted by Gasteiger charge is -2.22. The van der Waals surface area contributed by atoms with Crippen LogP contribution in [0.2, 0.25) is 0 Å². The van der Waals surface area contributed by atoms with Crippen LogP contribution in [0.25, 0.3) is 0 Å². The monoisotopic (exact) mass is 327 g/mol. The maximum absolute atomic E-state index is 6.02. The Bertz CT molecular complexity index is 591. The van der Waals surface area contributed by atoms with E-state index in [1.54, 1.807) is 0 Å². The molecule has 0 saturated carbocycles. The second-order valence-electron chi connectivity index (χ2n) is 8.58. The Morgan fingerprint density at radius 3 is 2.38 bits per heavy atom. The van der Waals surface area contributed by atoms with Crippen LogP contribution in [0.4, 0.5) is 0 Å². The molecule has 24 heavy (non-hydrogen) atoms.